The van der Waals surface area contributed by atoms with Crippen molar-refractivity contribution in [2.24, 2.45) is 0 Å². The van der Waals surface area contributed by atoms with Gasteiger partial charge in [-0.1, -0.05) is 12.1 Å². The topological polar surface area (TPSA) is 96.0 Å². The number of rotatable bonds is 9. The van der Waals surface area contributed by atoms with Crippen molar-refractivity contribution in [3.63, 3.8) is 0 Å². The molecule has 2 amide bonds. The van der Waals surface area contributed by atoms with Crippen molar-refractivity contribution in [1.82, 2.24) is 10.2 Å². The highest BCUT2D eigenvalue weighted by molar-refractivity contribution is 7.92. The van der Waals surface area contributed by atoms with Crippen LogP contribution in [0, 0.1) is 5.82 Å². The van der Waals surface area contributed by atoms with E-state index in [9.17, 15) is 22.4 Å². The number of hydrogen-bond acceptors (Lipinski definition) is 5. The highest BCUT2D eigenvalue weighted by Gasteiger charge is 2.31. The van der Waals surface area contributed by atoms with Gasteiger partial charge < -0.3 is 15.0 Å². The van der Waals surface area contributed by atoms with Crippen LogP contribution in [0.15, 0.2) is 48.5 Å². The molecule has 0 unspecified atom stereocenters. The van der Waals surface area contributed by atoms with Crippen LogP contribution < -0.4 is 14.4 Å². The maximum Gasteiger partial charge on any atom is 0.244 e. The van der Waals surface area contributed by atoms with E-state index in [1.807, 2.05) is 20.8 Å². The third-order valence-electron chi connectivity index (χ3n) is 4.95. The number of halogens is 1. The van der Waals surface area contributed by atoms with E-state index in [-0.39, 0.29) is 18.1 Å². The van der Waals surface area contributed by atoms with Gasteiger partial charge in [-0.2, -0.15) is 0 Å². The summed E-state index contributed by atoms with van der Waals surface area (Å²) in [4.78, 5) is 27.7. The van der Waals surface area contributed by atoms with Gasteiger partial charge in [0.25, 0.3) is 0 Å². The molecule has 0 aromatic heterocycles. The Bertz CT molecular complexity index is 1110. The number of benzene rings is 2. The molecule has 8 nitrogen and oxygen atoms in total. The first-order valence-corrected chi connectivity index (χ1v) is 12.5. The van der Waals surface area contributed by atoms with Crippen molar-refractivity contribution in [1.29, 1.82) is 0 Å². The standard InChI is InChI=1S/C24H32FN3O5S/c1-17(23(30)26-24(2,3)4)27(15-18-8-7-9-21(14-18)33-5)22(29)16-28(34(6,31)32)20-12-10-19(25)11-13-20/h7-14,17H,15-16H2,1-6H3,(H,26,30)/t17-/m0/s1. The summed E-state index contributed by atoms with van der Waals surface area (Å²) >= 11 is 0. The lowest BCUT2D eigenvalue weighted by molar-refractivity contribution is -0.140. The number of nitrogens with zero attached hydrogens (tertiary/aromatic N) is 2. The van der Waals surface area contributed by atoms with Gasteiger partial charge in [-0.05, 0) is 69.7 Å². The molecule has 2 aromatic rings. The molecule has 0 aliphatic rings. The number of carbonyl (C=O) groups is 2. The van der Waals surface area contributed by atoms with E-state index in [1.54, 1.807) is 31.2 Å². The van der Waals surface area contributed by atoms with Crippen LogP contribution in [0.5, 0.6) is 5.75 Å². The van der Waals surface area contributed by atoms with Crippen LogP contribution in [-0.2, 0) is 26.2 Å². The van der Waals surface area contributed by atoms with Gasteiger partial charge in [0.2, 0.25) is 21.8 Å². The summed E-state index contributed by atoms with van der Waals surface area (Å²) in [6.07, 6.45) is 0.964. The number of nitrogens with one attached hydrogen (secondary N) is 1. The molecule has 0 spiro atoms. The Morgan fingerprint density at radius 3 is 2.26 bits per heavy atom. The zero-order chi connectivity index (χ0) is 25.7. The van der Waals surface area contributed by atoms with Crippen molar-refractivity contribution in [3.8, 4) is 5.75 Å². The quantitative estimate of drug-likeness (QED) is 0.580. The van der Waals surface area contributed by atoms with Crippen molar-refractivity contribution in [2.75, 3.05) is 24.2 Å². The van der Waals surface area contributed by atoms with Crippen molar-refractivity contribution in [2.45, 2.75) is 45.8 Å². The molecular formula is C24H32FN3O5S. The summed E-state index contributed by atoms with van der Waals surface area (Å²) in [7, 11) is -2.35. The van der Waals surface area contributed by atoms with Crippen molar-refractivity contribution < 1.29 is 27.1 Å². The highest BCUT2D eigenvalue weighted by Crippen LogP contribution is 2.21. The molecule has 0 saturated carbocycles. The van der Waals surface area contributed by atoms with Crippen molar-refractivity contribution >= 4 is 27.5 Å². The first-order chi connectivity index (χ1) is 15.7. The van der Waals surface area contributed by atoms with Gasteiger partial charge in [0.15, 0.2) is 0 Å². The zero-order valence-electron chi connectivity index (χ0n) is 20.3. The van der Waals surface area contributed by atoms with Gasteiger partial charge >= 0.3 is 0 Å². The van der Waals surface area contributed by atoms with Crippen LogP contribution in [0.1, 0.15) is 33.3 Å². The van der Waals surface area contributed by atoms with Crippen LogP contribution in [-0.4, -0.2) is 56.6 Å². The summed E-state index contributed by atoms with van der Waals surface area (Å²) in [5.74, 6) is -0.915. The van der Waals surface area contributed by atoms with Gasteiger partial charge in [0.05, 0.1) is 19.1 Å². The lowest BCUT2D eigenvalue weighted by Gasteiger charge is -2.33. The average Bonchev–Trinajstić information content (AvgIpc) is 2.74. The molecule has 0 bridgehead atoms. The van der Waals surface area contributed by atoms with E-state index in [0.717, 1.165) is 22.7 Å². The monoisotopic (exact) mass is 493 g/mol. The Labute approximate surface area is 200 Å². The third-order valence-corrected chi connectivity index (χ3v) is 6.09. The van der Waals surface area contributed by atoms with Gasteiger partial charge in [-0.3, -0.25) is 13.9 Å². The second kappa shape index (κ2) is 10.9. The average molecular weight is 494 g/mol. The van der Waals surface area contributed by atoms with Gasteiger partial charge in [-0.15, -0.1) is 0 Å². The molecule has 2 aromatic carbocycles. The Kier molecular flexibility index (Phi) is 8.66. The Morgan fingerprint density at radius 2 is 1.74 bits per heavy atom. The Hall–Kier alpha value is -3.14. The molecule has 1 N–H and O–H groups in total. The predicted molar refractivity (Wildman–Crippen MR) is 129 cm³/mol. The molecule has 2 rings (SSSR count). The maximum absolute atomic E-state index is 13.4. The van der Waals surface area contributed by atoms with E-state index in [4.69, 9.17) is 4.74 Å². The minimum atomic E-state index is -3.87. The molecule has 0 aliphatic carbocycles. The number of ether oxygens (including phenoxy) is 1. The highest BCUT2D eigenvalue weighted by atomic mass is 32.2. The zero-order valence-corrected chi connectivity index (χ0v) is 21.1. The number of methoxy groups -OCH3 is 1. The number of carbonyl (C=O) groups excluding carboxylic acids is 2. The Balaban J connectivity index is 2.41. The molecule has 0 fully saturated rings. The molecule has 0 saturated heterocycles. The van der Waals surface area contributed by atoms with E-state index in [2.05, 4.69) is 5.32 Å². The van der Waals surface area contributed by atoms with Crippen LogP contribution >= 0.6 is 0 Å². The third kappa shape index (κ3) is 7.72. The largest absolute Gasteiger partial charge is 0.497 e. The number of hydrogen-bond donors (Lipinski definition) is 1. The Morgan fingerprint density at radius 1 is 1.12 bits per heavy atom. The second-order valence-corrected chi connectivity index (χ2v) is 10.9. The molecule has 10 heteroatoms. The van der Waals surface area contributed by atoms with E-state index >= 15 is 0 Å². The summed E-state index contributed by atoms with van der Waals surface area (Å²) < 4.78 is 44.5. The van der Waals surface area contributed by atoms with E-state index in [1.165, 1.54) is 24.1 Å². The van der Waals surface area contributed by atoms with Crippen LogP contribution in [0.4, 0.5) is 10.1 Å². The van der Waals surface area contributed by atoms with Gasteiger partial charge in [0.1, 0.15) is 24.2 Å². The summed E-state index contributed by atoms with van der Waals surface area (Å²) in [5.41, 5.74) is 0.323. The molecule has 0 aliphatic heterocycles. The van der Waals surface area contributed by atoms with Gasteiger partial charge in [-0.25, -0.2) is 12.8 Å². The molecular weight excluding hydrogens is 461 g/mol. The fourth-order valence-electron chi connectivity index (χ4n) is 3.25. The first kappa shape index (κ1) is 27.1. The molecule has 34 heavy (non-hydrogen) atoms. The van der Waals surface area contributed by atoms with Crippen LogP contribution in [0.3, 0.4) is 0 Å². The smallest absolute Gasteiger partial charge is 0.244 e. The number of amides is 2. The SMILES string of the molecule is COc1cccc(CN(C(=O)CN(c2ccc(F)cc2)S(C)(=O)=O)[C@@H](C)C(=O)NC(C)(C)C)c1. The molecule has 0 heterocycles. The minimum absolute atomic E-state index is 0.0514. The van der Waals surface area contributed by atoms with Crippen LogP contribution in [0.25, 0.3) is 0 Å². The summed E-state index contributed by atoms with van der Waals surface area (Å²) in [6, 6.07) is 10.9. The van der Waals surface area contributed by atoms with Crippen LogP contribution in [0.2, 0.25) is 0 Å². The predicted octanol–water partition coefficient (Wildman–Crippen LogP) is 2.93. The van der Waals surface area contributed by atoms with Gasteiger partial charge in [0, 0.05) is 12.1 Å². The number of anilines is 1. The maximum atomic E-state index is 13.4. The molecule has 1 atom stereocenters. The first-order valence-electron chi connectivity index (χ1n) is 10.7. The van der Waals surface area contributed by atoms with E-state index in [0.29, 0.717) is 11.3 Å². The molecule has 0 radical (unpaired) electrons. The normalized spacial score (nSPS) is 12.6. The fraction of sp³-hybridized carbons (Fsp3) is 0.417. The number of sulfonamides is 1. The van der Waals surface area contributed by atoms with Crippen molar-refractivity contribution in [3.05, 3.63) is 59.9 Å². The molecule has 186 valence electrons. The minimum Gasteiger partial charge on any atom is -0.497 e. The lowest BCUT2D eigenvalue weighted by atomic mass is 10.1. The lowest BCUT2D eigenvalue weighted by Crippen LogP contribution is -2.54. The second-order valence-electron chi connectivity index (χ2n) is 9.03. The fourth-order valence-corrected chi connectivity index (χ4v) is 4.09. The summed E-state index contributed by atoms with van der Waals surface area (Å²) in [5, 5.41) is 2.85. The van der Waals surface area contributed by atoms with E-state index < -0.39 is 39.9 Å². The summed E-state index contributed by atoms with van der Waals surface area (Å²) in [6.45, 7) is 6.56.